The van der Waals surface area contributed by atoms with Crippen molar-refractivity contribution < 1.29 is 9.59 Å². The smallest absolute Gasteiger partial charge is 0.220 e. The zero-order valence-corrected chi connectivity index (χ0v) is 19.2. The van der Waals surface area contributed by atoms with Gasteiger partial charge in [0.1, 0.15) is 0 Å². The van der Waals surface area contributed by atoms with Crippen LogP contribution in [-0.4, -0.2) is 74.0 Å². The minimum atomic E-state index is 0.177. The highest BCUT2D eigenvalue weighted by molar-refractivity contribution is 5.76. The Kier molecular flexibility index (Phi) is 10.4. The lowest BCUT2D eigenvalue weighted by Gasteiger charge is -2.33. The first-order valence-corrected chi connectivity index (χ1v) is 11.8. The number of nitrogens with zero attached hydrogens (tertiary/aromatic N) is 2. The highest BCUT2D eigenvalue weighted by Gasteiger charge is 2.25. The Morgan fingerprint density at radius 2 is 1.10 bits per heavy atom. The molecule has 29 heavy (non-hydrogen) atoms. The van der Waals surface area contributed by atoms with E-state index in [1.165, 1.54) is 25.7 Å². The maximum Gasteiger partial charge on any atom is 0.220 e. The van der Waals surface area contributed by atoms with Crippen molar-refractivity contribution >= 4 is 11.8 Å². The number of amides is 2. The lowest BCUT2D eigenvalue weighted by molar-refractivity contribution is -0.122. The summed E-state index contributed by atoms with van der Waals surface area (Å²) in [5.41, 5.74) is 0. The van der Waals surface area contributed by atoms with Gasteiger partial charge >= 0.3 is 0 Å². The monoisotopic (exact) mass is 408 g/mol. The second kappa shape index (κ2) is 12.5. The first kappa shape index (κ1) is 24.1. The van der Waals surface area contributed by atoms with Crippen LogP contribution >= 0.6 is 0 Å². The molecular weight excluding hydrogens is 364 g/mol. The van der Waals surface area contributed by atoms with E-state index in [9.17, 15) is 9.59 Å². The Morgan fingerprint density at radius 3 is 1.48 bits per heavy atom. The van der Waals surface area contributed by atoms with E-state index < -0.39 is 0 Å². The summed E-state index contributed by atoms with van der Waals surface area (Å²) in [6.45, 7) is 0. The molecule has 6 heteroatoms. The molecule has 0 aromatic heterocycles. The van der Waals surface area contributed by atoms with Gasteiger partial charge in [-0.3, -0.25) is 9.59 Å². The topological polar surface area (TPSA) is 64.7 Å². The summed E-state index contributed by atoms with van der Waals surface area (Å²) in [6, 6.07) is 1.83. The van der Waals surface area contributed by atoms with Gasteiger partial charge in [-0.05, 0) is 92.4 Å². The van der Waals surface area contributed by atoms with Crippen LogP contribution in [-0.2, 0) is 9.59 Å². The van der Waals surface area contributed by atoms with Gasteiger partial charge in [-0.15, -0.1) is 0 Å². The van der Waals surface area contributed by atoms with Gasteiger partial charge in [-0.25, -0.2) is 0 Å². The van der Waals surface area contributed by atoms with Crippen LogP contribution in [0.25, 0.3) is 0 Å². The standard InChI is InChI=1S/C23H44N4O2/c1-26(2)20-12-8-10-18(16-20)24-22(28)14-6-5-7-15-23(29)25-19-11-9-13-21(17-19)27(3)4/h18-21H,5-17H2,1-4H3,(H,24,28)(H,25,29). The van der Waals surface area contributed by atoms with E-state index in [1.807, 2.05) is 0 Å². The van der Waals surface area contributed by atoms with Gasteiger partial charge in [0.15, 0.2) is 0 Å². The molecule has 0 aromatic rings. The van der Waals surface area contributed by atoms with Crippen molar-refractivity contribution in [1.29, 1.82) is 0 Å². The second-order valence-corrected chi connectivity index (χ2v) is 9.66. The molecule has 2 aliphatic rings. The number of hydrogen-bond acceptors (Lipinski definition) is 4. The maximum absolute atomic E-state index is 12.2. The van der Waals surface area contributed by atoms with Gasteiger partial charge in [-0.2, -0.15) is 0 Å². The van der Waals surface area contributed by atoms with Crippen molar-refractivity contribution in [3.05, 3.63) is 0 Å². The van der Waals surface area contributed by atoms with E-state index in [0.29, 0.717) is 37.0 Å². The number of unbranched alkanes of at least 4 members (excludes halogenated alkanes) is 2. The Balaban J connectivity index is 1.52. The predicted octanol–water partition coefficient (Wildman–Crippen LogP) is 2.91. The zero-order valence-electron chi connectivity index (χ0n) is 19.2. The minimum Gasteiger partial charge on any atom is -0.353 e. The van der Waals surface area contributed by atoms with E-state index in [-0.39, 0.29) is 11.8 Å². The fraction of sp³-hybridized carbons (Fsp3) is 0.913. The van der Waals surface area contributed by atoms with Crippen molar-refractivity contribution in [2.45, 2.75) is 108 Å². The van der Waals surface area contributed by atoms with E-state index in [4.69, 9.17) is 0 Å². The van der Waals surface area contributed by atoms with Crippen molar-refractivity contribution in [2.75, 3.05) is 28.2 Å². The van der Waals surface area contributed by atoms with Crippen LogP contribution in [0.4, 0.5) is 0 Å². The van der Waals surface area contributed by atoms with Gasteiger partial charge in [0.2, 0.25) is 11.8 Å². The number of carbonyl (C=O) groups excluding carboxylic acids is 2. The number of carbonyl (C=O) groups is 2. The Bertz CT molecular complexity index is 465. The summed E-state index contributed by atoms with van der Waals surface area (Å²) in [5.74, 6) is 0.353. The summed E-state index contributed by atoms with van der Waals surface area (Å²) < 4.78 is 0. The summed E-state index contributed by atoms with van der Waals surface area (Å²) in [6.07, 6.45) is 13.0. The highest BCUT2D eigenvalue weighted by atomic mass is 16.2. The van der Waals surface area contributed by atoms with E-state index >= 15 is 0 Å². The lowest BCUT2D eigenvalue weighted by atomic mass is 9.90. The zero-order chi connectivity index (χ0) is 21.2. The lowest BCUT2D eigenvalue weighted by Crippen LogP contribution is -2.43. The molecular formula is C23H44N4O2. The first-order chi connectivity index (χ1) is 13.8. The molecule has 0 saturated heterocycles. The second-order valence-electron chi connectivity index (χ2n) is 9.66. The van der Waals surface area contributed by atoms with Crippen molar-refractivity contribution in [1.82, 2.24) is 20.4 Å². The summed E-state index contributed by atoms with van der Waals surface area (Å²) in [5, 5.41) is 6.44. The Morgan fingerprint density at radius 1 is 0.690 bits per heavy atom. The Hall–Kier alpha value is -1.14. The molecule has 2 amide bonds. The molecule has 4 atom stereocenters. The SMILES string of the molecule is CN(C)C1CCCC(NC(=O)CCCCCC(=O)NC2CCCC(N(C)C)C2)C1. The quantitative estimate of drug-likeness (QED) is 0.546. The number of rotatable bonds is 10. The minimum absolute atomic E-state index is 0.177. The molecule has 2 saturated carbocycles. The average Bonchev–Trinajstić information content (AvgIpc) is 2.68. The Labute approximate surface area is 178 Å². The average molecular weight is 409 g/mol. The van der Waals surface area contributed by atoms with Crippen LogP contribution in [0, 0.1) is 0 Å². The molecule has 2 aliphatic carbocycles. The first-order valence-electron chi connectivity index (χ1n) is 11.8. The van der Waals surface area contributed by atoms with E-state index in [1.54, 1.807) is 0 Å². The molecule has 0 bridgehead atoms. The molecule has 2 N–H and O–H groups in total. The molecule has 0 aliphatic heterocycles. The highest BCUT2D eigenvalue weighted by Crippen LogP contribution is 2.22. The van der Waals surface area contributed by atoms with Crippen LogP contribution in [0.1, 0.15) is 83.5 Å². The van der Waals surface area contributed by atoms with Gasteiger partial charge < -0.3 is 20.4 Å². The molecule has 6 nitrogen and oxygen atoms in total. The third-order valence-electron chi connectivity index (χ3n) is 6.79. The van der Waals surface area contributed by atoms with Gasteiger partial charge in [0.25, 0.3) is 0 Å². The number of nitrogens with one attached hydrogen (secondary N) is 2. The van der Waals surface area contributed by atoms with Crippen LogP contribution in [0.15, 0.2) is 0 Å². The van der Waals surface area contributed by atoms with Gasteiger partial charge in [0, 0.05) is 37.0 Å². The summed E-state index contributed by atoms with van der Waals surface area (Å²) in [7, 11) is 8.50. The van der Waals surface area contributed by atoms with Crippen molar-refractivity contribution in [3.63, 3.8) is 0 Å². The van der Waals surface area contributed by atoms with Crippen molar-refractivity contribution in [2.24, 2.45) is 0 Å². The van der Waals surface area contributed by atoms with Gasteiger partial charge in [-0.1, -0.05) is 6.42 Å². The summed E-state index contributed by atoms with van der Waals surface area (Å²) in [4.78, 5) is 29.0. The predicted molar refractivity (Wildman–Crippen MR) is 119 cm³/mol. The summed E-state index contributed by atoms with van der Waals surface area (Å²) >= 11 is 0. The fourth-order valence-corrected chi connectivity index (χ4v) is 4.88. The third kappa shape index (κ3) is 9.04. The fourth-order valence-electron chi connectivity index (χ4n) is 4.88. The molecule has 168 valence electrons. The third-order valence-corrected chi connectivity index (χ3v) is 6.79. The van der Waals surface area contributed by atoms with Crippen LogP contribution < -0.4 is 10.6 Å². The molecule has 4 unspecified atom stereocenters. The maximum atomic E-state index is 12.2. The molecule has 0 heterocycles. The van der Waals surface area contributed by atoms with Crippen LogP contribution in [0.5, 0.6) is 0 Å². The van der Waals surface area contributed by atoms with E-state index in [2.05, 4.69) is 48.6 Å². The molecule has 0 spiro atoms. The molecule has 0 aromatic carbocycles. The normalized spacial score (nSPS) is 27.8. The van der Waals surface area contributed by atoms with E-state index in [0.717, 1.165) is 44.9 Å². The van der Waals surface area contributed by atoms with Gasteiger partial charge in [0.05, 0.1) is 0 Å². The number of hydrogen-bond donors (Lipinski definition) is 2. The largest absolute Gasteiger partial charge is 0.353 e. The van der Waals surface area contributed by atoms with Crippen LogP contribution in [0.3, 0.4) is 0 Å². The molecule has 2 fully saturated rings. The molecule has 0 radical (unpaired) electrons. The molecule has 2 rings (SSSR count). The van der Waals surface area contributed by atoms with Crippen LogP contribution in [0.2, 0.25) is 0 Å². The van der Waals surface area contributed by atoms with Crippen molar-refractivity contribution in [3.8, 4) is 0 Å².